The van der Waals surface area contributed by atoms with Gasteiger partial charge in [0.2, 0.25) is 5.91 Å². The van der Waals surface area contributed by atoms with Crippen molar-refractivity contribution in [3.05, 3.63) is 0 Å². The van der Waals surface area contributed by atoms with Gasteiger partial charge >= 0.3 is 18.0 Å². The lowest BCUT2D eigenvalue weighted by Gasteiger charge is -2.37. The Morgan fingerprint density at radius 1 is 1.12 bits per heavy atom. The first-order valence-electron chi connectivity index (χ1n) is 7.99. The molecule has 0 spiro atoms. The zero-order chi connectivity index (χ0) is 19.2. The zero-order valence-electron chi connectivity index (χ0n) is 15.3. The van der Waals surface area contributed by atoms with Crippen LogP contribution in [0.3, 0.4) is 0 Å². The van der Waals surface area contributed by atoms with Crippen molar-refractivity contribution in [1.29, 1.82) is 0 Å². The van der Waals surface area contributed by atoms with E-state index >= 15 is 0 Å². The lowest BCUT2D eigenvalue weighted by Crippen LogP contribution is -2.55. The van der Waals surface area contributed by atoms with E-state index in [1.165, 1.54) is 19.1 Å². The smallest absolute Gasteiger partial charge is 0.410 e. The normalized spacial score (nSPS) is 20.4. The van der Waals surface area contributed by atoms with Crippen LogP contribution in [-0.4, -0.2) is 67.8 Å². The third kappa shape index (κ3) is 6.60. The number of rotatable bonds is 4. The second-order valence-electron chi connectivity index (χ2n) is 6.77. The molecule has 1 heterocycles. The first kappa shape index (κ1) is 20.7. The molecule has 0 bridgehead atoms. The molecule has 0 aliphatic carbocycles. The highest BCUT2D eigenvalue weighted by Gasteiger charge is 2.39. The summed E-state index contributed by atoms with van der Waals surface area (Å²) in [7, 11) is 2.42. The van der Waals surface area contributed by atoms with Crippen LogP contribution >= 0.6 is 0 Å². The van der Waals surface area contributed by atoms with Gasteiger partial charge in [0.1, 0.15) is 12.0 Å². The Morgan fingerprint density at radius 3 is 2.28 bits per heavy atom. The molecule has 0 aromatic rings. The summed E-state index contributed by atoms with van der Waals surface area (Å²) >= 11 is 0. The maximum atomic E-state index is 12.2. The Bertz CT molecular complexity index is 527. The SMILES string of the molecule is COC(=O)CC(=O)NC1CCN(C(=O)OC(C)(C)C)CC1C(=O)OC. The van der Waals surface area contributed by atoms with E-state index in [0.29, 0.717) is 13.0 Å². The molecule has 1 aliphatic rings. The average Bonchev–Trinajstić information content (AvgIpc) is 2.52. The monoisotopic (exact) mass is 358 g/mol. The fourth-order valence-corrected chi connectivity index (χ4v) is 2.47. The van der Waals surface area contributed by atoms with Gasteiger partial charge in [-0.15, -0.1) is 0 Å². The molecule has 9 nitrogen and oxygen atoms in total. The Hall–Kier alpha value is -2.32. The number of carbonyl (C=O) groups is 4. The second kappa shape index (κ2) is 8.68. The van der Waals surface area contributed by atoms with Crippen LogP contribution in [0.15, 0.2) is 0 Å². The second-order valence-corrected chi connectivity index (χ2v) is 6.77. The fraction of sp³-hybridized carbons (Fsp3) is 0.750. The average molecular weight is 358 g/mol. The minimum atomic E-state index is -0.743. The Balaban J connectivity index is 2.76. The number of piperidine rings is 1. The summed E-state index contributed by atoms with van der Waals surface area (Å²) in [4.78, 5) is 48.7. The van der Waals surface area contributed by atoms with E-state index in [-0.39, 0.29) is 6.54 Å². The predicted octanol–water partition coefficient (Wildman–Crippen LogP) is 0.464. The van der Waals surface area contributed by atoms with Crippen molar-refractivity contribution in [1.82, 2.24) is 10.2 Å². The summed E-state index contributed by atoms with van der Waals surface area (Å²) < 4.78 is 14.5. The van der Waals surface area contributed by atoms with Crippen LogP contribution in [0, 0.1) is 5.92 Å². The van der Waals surface area contributed by atoms with Crippen LogP contribution < -0.4 is 5.32 Å². The van der Waals surface area contributed by atoms with Crippen molar-refractivity contribution in [2.45, 2.75) is 45.3 Å². The van der Waals surface area contributed by atoms with E-state index in [1.807, 2.05) is 0 Å². The predicted molar refractivity (Wildman–Crippen MR) is 86.5 cm³/mol. The molecule has 1 saturated heterocycles. The summed E-state index contributed by atoms with van der Waals surface area (Å²) in [6, 6.07) is -0.539. The summed E-state index contributed by atoms with van der Waals surface area (Å²) in [5.74, 6) is -2.50. The van der Waals surface area contributed by atoms with Crippen LogP contribution in [0.2, 0.25) is 0 Å². The van der Waals surface area contributed by atoms with Crippen LogP contribution in [0.4, 0.5) is 4.79 Å². The standard InChI is InChI=1S/C16H26N2O7/c1-16(2,3)25-15(22)18-7-6-11(10(9-18)14(21)24-5)17-12(19)8-13(20)23-4/h10-11H,6-9H2,1-5H3,(H,17,19). The molecule has 1 N–H and O–H groups in total. The maximum absolute atomic E-state index is 12.2. The van der Waals surface area contributed by atoms with Crippen molar-refractivity contribution in [2.24, 2.45) is 5.92 Å². The molecule has 1 rings (SSSR count). The number of hydrogen-bond donors (Lipinski definition) is 1. The highest BCUT2D eigenvalue weighted by Crippen LogP contribution is 2.21. The Kier molecular flexibility index (Phi) is 7.20. The minimum absolute atomic E-state index is 0.0603. The van der Waals surface area contributed by atoms with Gasteiger partial charge < -0.3 is 24.4 Å². The van der Waals surface area contributed by atoms with Crippen LogP contribution in [0.25, 0.3) is 0 Å². The number of esters is 2. The molecule has 2 amide bonds. The topological polar surface area (TPSA) is 111 Å². The number of ether oxygens (including phenoxy) is 3. The van der Waals surface area contributed by atoms with E-state index in [2.05, 4.69) is 10.1 Å². The zero-order valence-corrected chi connectivity index (χ0v) is 15.3. The molecule has 0 saturated carbocycles. The Morgan fingerprint density at radius 2 is 1.76 bits per heavy atom. The van der Waals surface area contributed by atoms with Crippen molar-refractivity contribution in [3.8, 4) is 0 Å². The van der Waals surface area contributed by atoms with Gasteiger partial charge in [0, 0.05) is 19.1 Å². The van der Waals surface area contributed by atoms with Crippen LogP contribution in [-0.2, 0) is 28.6 Å². The quantitative estimate of drug-likeness (QED) is 0.441. The van der Waals surface area contributed by atoms with E-state index < -0.39 is 47.9 Å². The third-order valence-electron chi connectivity index (χ3n) is 3.65. The highest BCUT2D eigenvalue weighted by atomic mass is 16.6. The number of hydrogen-bond acceptors (Lipinski definition) is 7. The molecule has 9 heteroatoms. The summed E-state index contributed by atoms with van der Waals surface area (Å²) in [5.41, 5.74) is -0.649. The van der Waals surface area contributed by atoms with Crippen molar-refractivity contribution in [2.75, 3.05) is 27.3 Å². The van der Waals surface area contributed by atoms with Gasteiger partial charge in [-0.3, -0.25) is 14.4 Å². The largest absolute Gasteiger partial charge is 0.469 e. The number of nitrogens with one attached hydrogen (secondary N) is 1. The van der Waals surface area contributed by atoms with Gasteiger partial charge in [0.05, 0.1) is 20.1 Å². The Labute approximate surface area is 147 Å². The molecule has 1 fully saturated rings. The van der Waals surface area contributed by atoms with Crippen LogP contribution in [0.5, 0.6) is 0 Å². The molecular formula is C16H26N2O7. The van der Waals surface area contributed by atoms with Crippen molar-refractivity contribution < 1.29 is 33.4 Å². The molecular weight excluding hydrogens is 332 g/mol. The summed E-state index contributed by atoms with van der Waals surface area (Å²) in [5, 5.41) is 2.64. The van der Waals surface area contributed by atoms with Gasteiger partial charge in [-0.05, 0) is 27.2 Å². The molecule has 0 aromatic carbocycles. The van der Waals surface area contributed by atoms with Gasteiger partial charge in [0.15, 0.2) is 0 Å². The minimum Gasteiger partial charge on any atom is -0.469 e. The van der Waals surface area contributed by atoms with Gasteiger partial charge in [-0.1, -0.05) is 0 Å². The summed E-state index contributed by atoms with van der Waals surface area (Å²) in [6.45, 7) is 5.63. The number of likely N-dealkylation sites (tertiary alicyclic amines) is 1. The molecule has 0 radical (unpaired) electrons. The van der Waals surface area contributed by atoms with Crippen molar-refractivity contribution in [3.63, 3.8) is 0 Å². The lowest BCUT2D eigenvalue weighted by atomic mass is 9.92. The van der Waals surface area contributed by atoms with E-state index in [4.69, 9.17) is 9.47 Å². The van der Waals surface area contributed by atoms with Gasteiger partial charge in [-0.2, -0.15) is 0 Å². The number of nitrogens with zero attached hydrogens (tertiary/aromatic N) is 1. The fourth-order valence-electron chi connectivity index (χ4n) is 2.47. The van der Waals surface area contributed by atoms with Gasteiger partial charge in [-0.25, -0.2) is 4.79 Å². The third-order valence-corrected chi connectivity index (χ3v) is 3.65. The molecule has 1 aliphatic heterocycles. The van der Waals surface area contributed by atoms with Crippen molar-refractivity contribution >= 4 is 23.9 Å². The highest BCUT2D eigenvalue weighted by molar-refractivity contribution is 5.94. The molecule has 2 unspecified atom stereocenters. The number of carbonyl (C=O) groups excluding carboxylic acids is 4. The molecule has 2 atom stereocenters. The first-order chi connectivity index (χ1) is 11.6. The summed E-state index contributed by atoms with van der Waals surface area (Å²) in [6.07, 6.45) is -0.622. The number of amides is 2. The van der Waals surface area contributed by atoms with E-state index in [0.717, 1.165) is 0 Å². The van der Waals surface area contributed by atoms with Crippen LogP contribution in [0.1, 0.15) is 33.6 Å². The van der Waals surface area contributed by atoms with Gasteiger partial charge in [0.25, 0.3) is 0 Å². The molecule has 0 aromatic heterocycles. The molecule has 142 valence electrons. The molecule has 25 heavy (non-hydrogen) atoms. The number of methoxy groups -OCH3 is 2. The maximum Gasteiger partial charge on any atom is 0.410 e. The lowest BCUT2D eigenvalue weighted by molar-refractivity contribution is -0.148. The first-order valence-corrected chi connectivity index (χ1v) is 7.99. The van der Waals surface area contributed by atoms with E-state index in [1.54, 1.807) is 20.8 Å². The van der Waals surface area contributed by atoms with E-state index in [9.17, 15) is 19.2 Å².